The predicted octanol–water partition coefficient (Wildman–Crippen LogP) is 3.70. The Balaban J connectivity index is 1.80. The summed E-state index contributed by atoms with van der Waals surface area (Å²) < 4.78 is 15.5. The maximum atomic E-state index is 13.6. The standard InChI is InChI=1S/C17H18FN3/c1-12-10-16-15(11-14(12)18)20-17(19)21(16)9-5-8-13-6-3-2-4-7-13/h2-4,6-7,10-11H,5,8-9H2,1H3,(H2,19,20). The third-order valence-electron chi connectivity index (χ3n) is 3.75. The molecular formula is C17H18FN3. The van der Waals surface area contributed by atoms with E-state index >= 15 is 0 Å². The highest BCUT2D eigenvalue weighted by Gasteiger charge is 2.10. The fourth-order valence-electron chi connectivity index (χ4n) is 2.59. The third kappa shape index (κ3) is 2.75. The monoisotopic (exact) mass is 283 g/mol. The van der Waals surface area contributed by atoms with Gasteiger partial charge in [0.2, 0.25) is 5.95 Å². The summed E-state index contributed by atoms with van der Waals surface area (Å²) in [6, 6.07) is 13.6. The van der Waals surface area contributed by atoms with Crippen LogP contribution in [0.5, 0.6) is 0 Å². The third-order valence-corrected chi connectivity index (χ3v) is 3.75. The largest absolute Gasteiger partial charge is 0.369 e. The molecule has 0 saturated carbocycles. The molecule has 2 N–H and O–H groups in total. The molecule has 0 amide bonds. The van der Waals surface area contributed by atoms with Crippen molar-refractivity contribution in [2.45, 2.75) is 26.3 Å². The van der Waals surface area contributed by atoms with E-state index in [4.69, 9.17) is 5.73 Å². The first kappa shape index (κ1) is 13.6. The minimum atomic E-state index is -0.239. The number of rotatable bonds is 4. The lowest BCUT2D eigenvalue weighted by molar-refractivity contribution is 0.619. The van der Waals surface area contributed by atoms with Crippen molar-refractivity contribution in [2.24, 2.45) is 0 Å². The van der Waals surface area contributed by atoms with Crippen molar-refractivity contribution in [3.8, 4) is 0 Å². The number of nitrogen functional groups attached to an aromatic ring is 1. The van der Waals surface area contributed by atoms with E-state index in [0.29, 0.717) is 17.0 Å². The molecule has 4 heteroatoms. The fraction of sp³-hybridized carbons (Fsp3) is 0.235. The van der Waals surface area contributed by atoms with Crippen molar-refractivity contribution in [1.82, 2.24) is 9.55 Å². The van der Waals surface area contributed by atoms with Gasteiger partial charge in [-0.3, -0.25) is 0 Å². The molecule has 21 heavy (non-hydrogen) atoms. The Hall–Kier alpha value is -2.36. The number of fused-ring (bicyclic) bond motifs is 1. The highest BCUT2D eigenvalue weighted by atomic mass is 19.1. The zero-order chi connectivity index (χ0) is 14.8. The van der Waals surface area contributed by atoms with Crippen LogP contribution in [0.1, 0.15) is 17.5 Å². The number of benzene rings is 2. The predicted molar refractivity (Wildman–Crippen MR) is 83.6 cm³/mol. The first-order valence-corrected chi connectivity index (χ1v) is 7.11. The molecule has 1 heterocycles. The van der Waals surface area contributed by atoms with Gasteiger partial charge in [0.15, 0.2) is 0 Å². The lowest BCUT2D eigenvalue weighted by atomic mass is 10.1. The van der Waals surface area contributed by atoms with Gasteiger partial charge < -0.3 is 10.3 Å². The number of aromatic nitrogens is 2. The Morgan fingerprint density at radius 1 is 1.19 bits per heavy atom. The molecule has 0 bridgehead atoms. The van der Waals surface area contributed by atoms with E-state index < -0.39 is 0 Å². The van der Waals surface area contributed by atoms with Gasteiger partial charge in [0.1, 0.15) is 5.82 Å². The summed E-state index contributed by atoms with van der Waals surface area (Å²) in [6.45, 7) is 2.54. The molecule has 0 aliphatic carbocycles. The van der Waals surface area contributed by atoms with Crippen LogP contribution in [0.3, 0.4) is 0 Å². The number of hydrogen-bond acceptors (Lipinski definition) is 2. The summed E-state index contributed by atoms with van der Waals surface area (Å²) >= 11 is 0. The summed E-state index contributed by atoms with van der Waals surface area (Å²) in [5.74, 6) is 0.208. The molecule has 0 unspecified atom stereocenters. The van der Waals surface area contributed by atoms with Gasteiger partial charge in [-0.15, -0.1) is 0 Å². The van der Waals surface area contributed by atoms with E-state index in [0.717, 1.165) is 24.9 Å². The Morgan fingerprint density at radius 3 is 2.71 bits per heavy atom. The number of anilines is 1. The van der Waals surface area contributed by atoms with Crippen molar-refractivity contribution in [3.63, 3.8) is 0 Å². The van der Waals surface area contributed by atoms with Crippen molar-refractivity contribution in [3.05, 3.63) is 59.4 Å². The second-order valence-corrected chi connectivity index (χ2v) is 5.30. The minimum Gasteiger partial charge on any atom is -0.369 e. The quantitative estimate of drug-likeness (QED) is 0.793. The van der Waals surface area contributed by atoms with Crippen molar-refractivity contribution in [2.75, 3.05) is 5.73 Å². The molecule has 0 saturated heterocycles. The highest BCUT2D eigenvalue weighted by molar-refractivity contribution is 5.79. The average molecular weight is 283 g/mol. The van der Waals surface area contributed by atoms with Crippen LogP contribution in [-0.4, -0.2) is 9.55 Å². The summed E-state index contributed by atoms with van der Waals surface area (Å²) in [5.41, 5.74) is 9.41. The van der Waals surface area contributed by atoms with E-state index in [2.05, 4.69) is 17.1 Å². The first-order valence-electron chi connectivity index (χ1n) is 7.11. The zero-order valence-corrected chi connectivity index (χ0v) is 12.0. The Kier molecular flexibility index (Phi) is 3.60. The summed E-state index contributed by atoms with van der Waals surface area (Å²) in [5, 5.41) is 0. The molecule has 108 valence electrons. The normalized spacial score (nSPS) is 11.1. The number of nitrogens with two attached hydrogens (primary N) is 1. The summed E-state index contributed by atoms with van der Waals surface area (Å²) in [7, 11) is 0. The topological polar surface area (TPSA) is 43.8 Å². The molecule has 3 nitrogen and oxygen atoms in total. The van der Waals surface area contributed by atoms with Gasteiger partial charge in [-0.2, -0.15) is 0 Å². The van der Waals surface area contributed by atoms with Gasteiger partial charge in [-0.05, 0) is 37.0 Å². The van der Waals surface area contributed by atoms with Gasteiger partial charge >= 0.3 is 0 Å². The van der Waals surface area contributed by atoms with E-state index in [9.17, 15) is 4.39 Å². The number of halogens is 1. The molecule has 0 aliphatic rings. The summed E-state index contributed by atoms with van der Waals surface area (Å²) in [6.07, 6.45) is 1.95. The Bertz CT molecular complexity index is 763. The van der Waals surface area contributed by atoms with Crippen molar-refractivity contribution >= 4 is 17.0 Å². The second-order valence-electron chi connectivity index (χ2n) is 5.30. The van der Waals surface area contributed by atoms with Gasteiger partial charge in [0.05, 0.1) is 11.0 Å². The Morgan fingerprint density at radius 2 is 1.95 bits per heavy atom. The van der Waals surface area contributed by atoms with E-state index in [-0.39, 0.29) is 5.82 Å². The number of imidazole rings is 1. The SMILES string of the molecule is Cc1cc2c(cc1F)nc(N)n2CCCc1ccccc1. The van der Waals surface area contributed by atoms with Crippen LogP contribution in [0.2, 0.25) is 0 Å². The lowest BCUT2D eigenvalue weighted by Gasteiger charge is -2.07. The van der Waals surface area contributed by atoms with Gasteiger partial charge in [-0.25, -0.2) is 9.37 Å². The highest BCUT2D eigenvalue weighted by Crippen LogP contribution is 2.22. The molecule has 3 aromatic rings. The van der Waals surface area contributed by atoms with Crippen LogP contribution in [0.4, 0.5) is 10.3 Å². The molecular weight excluding hydrogens is 265 g/mol. The second kappa shape index (κ2) is 5.56. The van der Waals surface area contributed by atoms with E-state index in [1.54, 1.807) is 6.92 Å². The maximum absolute atomic E-state index is 13.6. The van der Waals surface area contributed by atoms with Gasteiger partial charge in [0.25, 0.3) is 0 Å². The van der Waals surface area contributed by atoms with Crippen molar-refractivity contribution < 1.29 is 4.39 Å². The molecule has 0 spiro atoms. The Labute approximate surface area is 123 Å². The van der Waals surface area contributed by atoms with Crippen LogP contribution < -0.4 is 5.73 Å². The molecule has 2 aromatic carbocycles. The molecule has 1 aromatic heterocycles. The minimum absolute atomic E-state index is 0.239. The number of aryl methyl sites for hydroxylation is 3. The van der Waals surface area contributed by atoms with E-state index in [1.165, 1.54) is 11.6 Å². The van der Waals surface area contributed by atoms with Crippen molar-refractivity contribution in [1.29, 1.82) is 0 Å². The lowest BCUT2D eigenvalue weighted by Crippen LogP contribution is -2.04. The van der Waals surface area contributed by atoms with Crippen LogP contribution in [-0.2, 0) is 13.0 Å². The zero-order valence-electron chi connectivity index (χ0n) is 12.0. The fourth-order valence-corrected chi connectivity index (χ4v) is 2.59. The average Bonchev–Trinajstić information content (AvgIpc) is 2.76. The number of nitrogens with zero attached hydrogens (tertiary/aromatic N) is 2. The maximum Gasteiger partial charge on any atom is 0.201 e. The first-order chi connectivity index (χ1) is 10.1. The van der Waals surface area contributed by atoms with Crippen LogP contribution >= 0.6 is 0 Å². The van der Waals surface area contributed by atoms with Crippen LogP contribution in [0.15, 0.2) is 42.5 Å². The summed E-state index contributed by atoms with van der Waals surface area (Å²) in [4.78, 5) is 4.24. The van der Waals surface area contributed by atoms with E-state index in [1.807, 2.05) is 28.8 Å². The molecule has 3 rings (SSSR count). The molecule has 0 aliphatic heterocycles. The molecule has 0 atom stereocenters. The van der Waals surface area contributed by atoms with Gasteiger partial charge in [0, 0.05) is 12.6 Å². The number of hydrogen-bond donors (Lipinski definition) is 1. The van der Waals surface area contributed by atoms with Gasteiger partial charge in [-0.1, -0.05) is 30.3 Å². The molecule has 0 radical (unpaired) electrons. The van der Waals surface area contributed by atoms with Crippen LogP contribution in [0, 0.1) is 12.7 Å². The smallest absolute Gasteiger partial charge is 0.201 e. The molecule has 0 fully saturated rings. The van der Waals surface area contributed by atoms with Crippen LogP contribution in [0.25, 0.3) is 11.0 Å².